The zero-order chi connectivity index (χ0) is 22.2. The van der Waals surface area contributed by atoms with Crippen LogP contribution in [0.3, 0.4) is 0 Å². The van der Waals surface area contributed by atoms with Crippen molar-refractivity contribution in [2.24, 2.45) is 5.73 Å². The molecule has 0 fully saturated rings. The molecule has 4 aromatic rings. The Bertz CT molecular complexity index is 1320. The Labute approximate surface area is 174 Å². The zero-order valence-electron chi connectivity index (χ0n) is 16.3. The highest BCUT2D eigenvalue weighted by Crippen LogP contribution is 2.32. The van der Waals surface area contributed by atoms with Gasteiger partial charge >= 0.3 is 6.18 Å². The maximum Gasteiger partial charge on any atom is 0.416 e. The van der Waals surface area contributed by atoms with E-state index in [-0.39, 0.29) is 17.0 Å². The third-order valence-electron chi connectivity index (χ3n) is 4.60. The zero-order valence-corrected chi connectivity index (χ0v) is 16.3. The van der Waals surface area contributed by atoms with E-state index in [1.54, 1.807) is 19.1 Å². The summed E-state index contributed by atoms with van der Waals surface area (Å²) in [5.41, 5.74) is 6.79. The Balaban J connectivity index is 1.73. The molecule has 2 aromatic heterocycles. The van der Waals surface area contributed by atoms with Crippen LogP contribution in [0.5, 0.6) is 0 Å². The van der Waals surface area contributed by atoms with Crippen LogP contribution in [0.25, 0.3) is 34.1 Å². The monoisotopic (exact) mass is 423 g/mol. The highest BCUT2D eigenvalue weighted by molar-refractivity contribution is 6.22. The number of aryl methyl sites for hydroxylation is 1. The Morgan fingerprint density at radius 2 is 1.87 bits per heavy atom. The number of nitrogens with two attached hydrogens (primary N) is 1. The van der Waals surface area contributed by atoms with Crippen molar-refractivity contribution in [1.29, 1.82) is 0 Å². The van der Waals surface area contributed by atoms with Crippen molar-refractivity contribution in [2.45, 2.75) is 13.1 Å². The molecule has 1 amide bonds. The van der Waals surface area contributed by atoms with Crippen LogP contribution >= 0.6 is 0 Å². The van der Waals surface area contributed by atoms with Gasteiger partial charge in [-0.1, -0.05) is 18.2 Å². The van der Waals surface area contributed by atoms with Crippen LogP contribution < -0.4 is 5.73 Å². The maximum absolute atomic E-state index is 13.1. The van der Waals surface area contributed by atoms with Gasteiger partial charge in [0.1, 0.15) is 6.33 Å². The van der Waals surface area contributed by atoms with E-state index in [4.69, 9.17) is 5.73 Å². The van der Waals surface area contributed by atoms with Crippen LogP contribution in [0.2, 0.25) is 0 Å². The van der Waals surface area contributed by atoms with E-state index in [0.717, 1.165) is 23.0 Å². The lowest BCUT2D eigenvalue weighted by molar-refractivity contribution is -0.137. The molecular formula is C22H16F3N5O. The lowest BCUT2D eigenvalue weighted by atomic mass is 10.1. The van der Waals surface area contributed by atoms with Crippen LogP contribution in [0, 0.1) is 6.92 Å². The summed E-state index contributed by atoms with van der Waals surface area (Å²) >= 11 is 0. The molecule has 0 saturated heterocycles. The molecule has 4 rings (SSSR count). The molecule has 2 N–H and O–H groups in total. The number of fused-ring (bicyclic) bond motifs is 1. The second-order valence-corrected chi connectivity index (χ2v) is 6.96. The Kier molecular flexibility index (Phi) is 5.02. The number of pyridine rings is 1. The topological polar surface area (TPSA) is 86.7 Å². The van der Waals surface area contributed by atoms with Crippen molar-refractivity contribution < 1.29 is 18.0 Å². The van der Waals surface area contributed by atoms with Gasteiger partial charge in [-0.25, -0.2) is 9.67 Å². The number of hydrogen-bond acceptors (Lipinski definition) is 4. The van der Waals surface area contributed by atoms with Gasteiger partial charge in [0.15, 0.2) is 5.82 Å². The number of halogens is 3. The molecule has 2 heterocycles. The number of alkyl halides is 3. The molecule has 0 radical (unpaired) electrons. The Morgan fingerprint density at radius 1 is 1.10 bits per heavy atom. The van der Waals surface area contributed by atoms with Crippen LogP contribution in [-0.4, -0.2) is 25.7 Å². The fourth-order valence-corrected chi connectivity index (χ4v) is 3.18. The standard InChI is InChI=1S/C22H16F3N5O/c1-13-6-15(9-17(7-13)22(23,24)25)21-28-12-30(29-21)11-18(20(26)31)16-8-14-4-2-3-5-19(14)27-10-16/h2-12H,1H3,(H2,26,31)/b18-11-. The van der Waals surface area contributed by atoms with E-state index in [1.165, 1.54) is 23.4 Å². The fourth-order valence-electron chi connectivity index (χ4n) is 3.18. The minimum atomic E-state index is -4.48. The molecule has 0 aliphatic carbocycles. The molecule has 156 valence electrons. The highest BCUT2D eigenvalue weighted by atomic mass is 19.4. The van der Waals surface area contributed by atoms with Crippen molar-refractivity contribution in [2.75, 3.05) is 0 Å². The van der Waals surface area contributed by atoms with Gasteiger partial charge in [-0.3, -0.25) is 9.78 Å². The van der Waals surface area contributed by atoms with E-state index >= 15 is 0 Å². The molecule has 6 nitrogen and oxygen atoms in total. The minimum Gasteiger partial charge on any atom is -0.366 e. The summed E-state index contributed by atoms with van der Waals surface area (Å²) in [6.07, 6.45) is -0.300. The van der Waals surface area contributed by atoms with Gasteiger partial charge in [0.2, 0.25) is 0 Å². The van der Waals surface area contributed by atoms with Gasteiger partial charge in [-0.15, -0.1) is 5.10 Å². The second kappa shape index (κ2) is 7.67. The van der Waals surface area contributed by atoms with Crippen molar-refractivity contribution in [3.05, 3.63) is 77.7 Å². The number of carbonyl (C=O) groups excluding carboxylic acids is 1. The lowest BCUT2D eigenvalue weighted by Crippen LogP contribution is -2.14. The van der Waals surface area contributed by atoms with Gasteiger partial charge < -0.3 is 5.73 Å². The van der Waals surface area contributed by atoms with Gasteiger partial charge in [0, 0.05) is 28.9 Å². The Morgan fingerprint density at radius 3 is 2.61 bits per heavy atom. The number of para-hydroxylation sites is 1. The average Bonchev–Trinajstić information content (AvgIpc) is 3.19. The van der Waals surface area contributed by atoms with E-state index in [0.29, 0.717) is 11.1 Å². The van der Waals surface area contributed by atoms with Crippen LogP contribution in [0.1, 0.15) is 16.7 Å². The first kappa shape index (κ1) is 20.3. The molecule has 0 spiro atoms. The van der Waals surface area contributed by atoms with Gasteiger partial charge in [-0.05, 0) is 42.8 Å². The van der Waals surface area contributed by atoms with Crippen molar-refractivity contribution in [1.82, 2.24) is 19.7 Å². The predicted molar refractivity (Wildman–Crippen MR) is 110 cm³/mol. The maximum atomic E-state index is 13.1. The summed E-state index contributed by atoms with van der Waals surface area (Å²) in [7, 11) is 0. The van der Waals surface area contributed by atoms with Crippen molar-refractivity contribution in [3.63, 3.8) is 0 Å². The number of nitrogens with zero attached hydrogens (tertiary/aromatic N) is 4. The van der Waals surface area contributed by atoms with Crippen molar-refractivity contribution >= 4 is 28.6 Å². The molecule has 9 heteroatoms. The number of hydrogen-bond donors (Lipinski definition) is 1. The van der Waals surface area contributed by atoms with Gasteiger partial charge in [0.05, 0.1) is 16.7 Å². The number of primary amides is 1. The largest absolute Gasteiger partial charge is 0.416 e. The summed E-state index contributed by atoms with van der Waals surface area (Å²) < 4.78 is 40.6. The normalized spacial score (nSPS) is 12.3. The third kappa shape index (κ3) is 4.30. The Hall–Kier alpha value is -4.01. The first-order chi connectivity index (χ1) is 14.7. The minimum absolute atomic E-state index is 0.0888. The van der Waals surface area contributed by atoms with E-state index < -0.39 is 17.6 Å². The van der Waals surface area contributed by atoms with Crippen molar-refractivity contribution in [3.8, 4) is 11.4 Å². The van der Waals surface area contributed by atoms with E-state index in [1.807, 2.05) is 24.3 Å². The summed E-state index contributed by atoms with van der Waals surface area (Å²) in [6.45, 7) is 1.56. The van der Waals surface area contributed by atoms with Gasteiger partial charge in [-0.2, -0.15) is 13.2 Å². The molecule has 2 aromatic carbocycles. The summed E-state index contributed by atoms with van der Waals surface area (Å²) in [6, 6.07) is 12.8. The molecule has 0 aliphatic heterocycles. The number of amides is 1. The molecule has 0 saturated carbocycles. The molecule has 0 unspecified atom stereocenters. The SMILES string of the molecule is Cc1cc(-c2ncn(/C=C(\C(N)=O)c3cnc4ccccc4c3)n2)cc(C(F)(F)F)c1. The highest BCUT2D eigenvalue weighted by Gasteiger charge is 2.31. The summed E-state index contributed by atoms with van der Waals surface area (Å²) in [5.74, 6) is -0.616. The number of benzene rings is 2. The number of rotatable bonds is 4. The van der Waals surface area contributed by atoms with Crippen LogP contribution in [-0.2, 0) is 11.0 Å². The summed E-state index contributed by atoms with van der Waals surface area (Å²) in [5, 5.41) is 5.01. The third-order valence-corrected chi connectivity index (χ3v) is 4.60. The number of aromatic nitrogens is 4. The summed E-state index contributed by atoms with van der Waals surface area (Å²) in [4.78, 5) is 20.5. The van der Waals surface area contributed by atoms with E-state index in [9.17, 15) is 18.0 Å². The smallest absolute Gasteiger partial charge is 0.366 e. The first-order valence-corrected chi connectivity index (χ1v) is 9.18. The predicted octanol–water partition coefficient (Wildman–Crippen LogP) is 4.30. The number of carbonyl (C=O) groups is 1. The second-order valence-electron chi connectivity index (χ2n) is 6.96. The fraction of sp³-hybridized carbons (Fsp3) is 0.0909. The van der Waals surface area contributed by atoms with E-state index in [2.05, 4.69) is 15.1 Å². The molecule has 0 bridgehead atoms. The molecular weight excluding hydrogens is 407 g/mol. The quantitative estimate of drug-likeness (QED) is 0.496. The first-order valence-electron chi connectivity index (χ1n) is 9.18. The van der Waals surface area contributed by atoms with Crippen LogP contribution in [0.15, 0.2) is 61.1 Å². The molecule has 0 aliphatic rings. The lowest BCUT2D eigenvalue weighted by Gasteiger charge is -2.09. The average molecular weight is 423 g/mol. The van der Waals surface area contributed by atoms with Gasteiger partial charge in [0.25, 0.3) is 5.91 Å². The molecule has 0 atom stereocenters. The van der Waals surface area contributed by atoms with Crippen LogP contribution in [0.4, 0.5) is 13.2 Å². The molecule has 31 heavy (non-hydrogen) atoms.